The van der Waals surface area contributed by atoms with E-state index in [-0.39, 0.29) is 0 Å². The lowest BCUT2D eigenvalue weighted by molar-refractivity contribution is 0.122. The highest BCUT2D eigenvalue weighted by molar-refractivity contribution is 5.79. The number of benzene rings is 1. The van der Waals surface area contributed by atoms with Crippen molar-refractivity contribution in [2.75, 3.05) is 36.9 Å². The third-order valence-corrected chi connectivity index (χ3v) is 4.89. The van der Waals surface area contributed by atoms with E-state index in [1.54, 1.807) is 12.4 Å². The highest BCUT2D eigenvalue weighted by Gasteiger charge is 2.15. The number of nitrogens with zero attached hydrogens (tertiary/aromatic N) is 4. The molecular formula is C21H19N5O2. The minimum Gasteiger partial charge on any atom is -0.418 e. The molecular weight excluding hydrogens is 354 g/mol. The molecule has 3 aromatic heterocycles. The predicted octanol–water partition coefficient (Wildman–Crippen LogP) is 3.37. The summed E-state index contributed by atoms with van der Waals surface area (Å²) in [6.07, 6.45) is 3.44. The smallest absolute Gasteiger partial charge is 0.247 e. The van der Waals surface area contributed by atoms with Gasteiger partial charge in [-0.15, -0.1) is 0 Å². The normalized spacial score (nSPS) is 14.5. The summed E-state index contributed by atoms with van der Waals surface area (Å²) in [7, 11) is 0. The number of oxazole rings is 1. The topological polar surface area (TPSA) is 90.3 Å². The predicted molar refractivity (Wildman–Crippen MR) is 108 cm³/mol. The third-order valence-electron chi connectivity index (χ3n) is 4.89. The molecule has 0 saturated carbocycles. The monoisotopic (exact) mass is 373 g/mol. The van der Waals surface area contributed by atoms with Crippen LogP contribution in [0.2, 0.25) is 0 Å². The van der Waals surface area contributed by atoms with E-state index in [1.807, 2.05) is 18.2 Å². The zero-order valence-corrected chi connectivity index (χ0v) is 15.2. The van der Waals surface area contributed by atoms with Gasteiger partial charge in [0.15, 0.2) is 0 Å². The van der Waals surface area contributed by atoms with Crippen molar-refractivity contribution in [2.24, 2.45) is 0 Å². The van der Waals surface area contributed by atoms with Crippen molar-refractivity contribution in [1.82, 2.24) is 15.0 Å². The van der Waals surface area contributed by atoms with Crippen LogP contribution in [0.1, 0.15) is 0 Å². The molecule has 5 rings (SSSR count). The fourth-order valence-corrected chi connectivity index (χ4v) is 3.38. The lowest BCUT2D eigenvalue weighted by Gasteiger charge is -2.28. The molecule has 140 valence electrons. The van der Waals surface area contributed by atoms with E-state index in [2.05, 4.69) is 44.1 Å². The Balaban J connectivity index is 1.48. The van der Waals surface area contributed by atoms with E-state index in [4.69, 9.17) is 14.9 Å². The Morgan fingerprint density at radius 3 is 2.57 bits per heavy atom. The molecule has 0 unspecified atom stereocenters. The first-order valence-electron chi connectivity index (χ1n) is 9.18. The number of morpholine rings is 1. The molecule has 0 radical (unpaired) electrons. The first-order chi connectivity index (χ1) is 13.8. The number of hydrogen-bond acceptors (Lipinski definition) is 7. The lowest BCUT2D eigenvalue weighted by Crippen LogP contribution is -2.36. The Morgan fingerprint density at radius 1 is 0.964 bits per heavy atom. The fraction of sp³-hybridized carbons (Fsp3) is 0.190. The van der Waals surface area contributed by atoms with Crippen LogP contribution in [0.25, 0.3) is 33.8 Å². The number of nitrogen functional groups attached to an aromatic ring is 1. The molecule has 7 heteroatoms. The molecule has 0 amide bonds. The van der Waals surface area contributed by atoms with Gasteiger partial charge in [0.05, 0.1) is 18.8 Å². The number of pyridine rings is 2. The van der Waals surface area contributed by atoms with Crippen LogP contribution in [0.3, 0.4) is 0 Å². The molecule has 7 nitrogen and oxygen atoms in total. The van der Waals surface area contributed by atoms with Crippen LogP contribution in [-0.4, -0.2) is 41.3 Å². The van der Waals surface area contributed by atoms with Crippen LogP contribution in [0.5, 0.6) is 0 Å². The molecule has 0 bridgehead atoms. The van der Waals surface area contributed by atoms with Crippen LogP contribution < -0.4 is 10.6 Å². The van der Waals surface area contributed by atoms with E-state index in [0.29, 0.717) is 28.5 Å². The van der Waals surface area contributed by atoms with Crippen LogP contribution >= 0.6 is 0 Å². The van der Waals surface area contributed by atoms with Crippen LogP contribution in [-0.2, 0) is 4.74 Å². The molecule has 1 aliphatic heterocycles. The van der Waals surface area contributed by atoms with Crippen LogP contribution in [0.4, 0.5) is 11.5 Å². The van der Waals surface area contributed by atoms with Crippen LogP contribution in [0, 0.1) is 0 Å². The molecule has 1 aromatic carbocycles. The van der Waals surface area contributed by atoms with E-state index in [9.17, 15) is 0 Å². The Morgan fingerprint density at radius 2 is 1.79 bits per heavy atom. The summed E-state index contributed by atoms with van der Waals surface area (Å²) in [5.74, 6) is 0.797. The summed E-state index contributed by atoms with van der Waals surface area (Å²) in [4.78, 5) is 15.3. The quantitative estimate of drug-likeness (QED) is 0.589. The lowest BCUT2D eigenvalue weighted by atomic mass is 10.0. The van der Waals surface area contributed by atoms with Gasteiger partial charge >= 0.3 is 0 Å². The zero-order chi connectivity index (χ0) is 18.9. The second-order valence-electron chi connectivity index (χ2n) is 6.65. The number of aromatic nitrogens is 3. The standard InChI is InChI=1S/C21H19N5O2/c22-19-17(20-25-18-2-1-7-23-21(18)28-20)12-15(13-24-19)14-3-5-16(6-4-14)26-8-10-27-11-9-26/h1-7,12-13H,8-11H2,(H2,22,24). The summed E-state index contributed by atoms with van der Waals surface area (Å²) in [6, 6.07) is 14.1. The van der Waals surface area contributed by atoms with Gasteiger partial charge in [0.1, 0.15) is 11.3 Å². The maximum absolute atomic E-state index is 6.09. The third kappa shape index (κ3) is 3.05. The van der Waals surface area contributed by atoms with Crippen molar-refractivity contribution >= 4 is 22.7 Å². The van der Waals surface area contributed by atoms with E-state index >= 15 is 0 Å². The van der Waals surface area contributed by atoms with Gasteiger partial charge in [0.25, 0.3) is 0 Å². The summed E-state index contributed by atoms with van der Waals surface area (Å²) < 4.78 is 11.2. The van der Waals surface area contributed by atoms with E-state index in [0.717, 1.165) is 37.4 Å². The summed E-state index contributed by atoms with van der Waals surface area (Å²) in [6.45, 7) is 3.37. The largest absolute Gasteiger partial charge is 0.418 e. The molecule has 0 atom stereocenters. The van der Waals surface area contributed by atoms with Crippen molar-refractivity contribution in [1.29, 1.82) is 0 Å². The summed E-state index contributed by atoms with van der Waals surface area (Å²) >= 11 is 0. The zero-order valence-electron chi connectivity index (χ0n) is 15.2. The van der Waals surface area contributed by atoms with Gasteiger partial charge in [-0.05, 0) is 35.9 Å². The summed E-state index contributed by atoms with van der Waals surface area (Å²) in [5, 5.41) is 0. The Bertz CT molecular complexity index is 1080. The van der Waals surface area contributed by atoms with Gasteiger partial charge < -0.3 is 19.8 Å². The highest BCUT2D eigenvalue weighted by atomic mass is 16.5. The van der Waals surface area contributed by atoms with Crippen LogP contribution in [0.15, 0.2) is 59.3 Å². The molecule has 4 heterocycles. The van der Waals surface area contributed by atoms with Crippen molar-refractivity contribution < 1.29 is 9.15 Å². The van der Waals surface area contributed by atoms with Gasteiger partial charge in [0.2, 0.25) is 11.6 Å². The molecule has 1 fully saturated rings. The molecule has 1 saturated heterocycles. The average molecular weight is 373 g/mol. The Labute approximate surface area is 161 Å². The minimum atomic E-state index is 0.375. The number of ether oxygens (including phenoxy) is 1. The second-order valence-corrected chi connectivity index (χ2v) is 6.65. The molecule has 0 aliphatic carbocycles. The van der Waals surface area contributed by atoms with Gasteiger partial charge in [-0.2, -0.15) is 0 Å². The van der Waals surface area contributed by atoms with Gasteiger partial charge in [-0.3, -0.25) is 0 Å². The maximum Gasteiger partial charge on any atom is 0.247 e. The number of fused-ring (bicyclic) bond motifs is 1. The van der Waals surface area contributed by atoms with Crippen molar-refractivity contribution in [3.63, 3.8) is 0 Å². The molecule has 4 aromatic rings. The number of nitrogens with two attached hydrogens (primary N) is 1. The molecule has 28 heavy (non-hydrogen) atoms. The van der Waals surface area contributed by atoms with Gasteiger partial charge in [-0.25, -0.2) is 15.0 Å². The maximum atomic E-state index is 6.09. The highest BCUT2D eigenvalue weighted by Crippen LogP contribution is 2.31. The van der Waals surface area contributed by atoms with Gasteiger partial charge in [0, 0.05) is 36.7 Å². The first-order valence-corrected chi connectivity index (χ1v) is 9.18. The fourth-order valence-electron chi connectivity index (χ4n) is 3.38. The minimum absolute atomic E-state index is 0.375. The van der Waals surface area contributed by atoms with Crippen molar-refractivity contribution in [3.05, 3.63) is 54.9 Å². The summed E-state index contributed by atoms with van der Waals surface area (Å²) in [5.41, 5.74) is 11.1. The second kappa shape index (κ2) is 6.94. The number of anilines is 2. The first kappa shape index (κ1) is 16.7. The molecule has 2 N–H and O–H groups in total. The SMILES string of the molecule is Nc1ncc(-c2ccc(N3CCOCC3)cc2)cc1-c1nc2cccnc2o1. The Hall–Kier alpha value is -3.45. The van der Waals surface area contributed by atoms with Gasteiger partial charge in [-0.1, -0.05) is 12.1 Å². The van der Waals surface area contributed by atoms with E-state index in [1.165, 1.54) is 5.69 Å². The van der Waals surface area contributed by atoms with E-state index < -0.39 is 0 Å². The average Bonchev–Trinajstić information content (AvgIpc) is 3.19. The number of hydrogen-bond donors (Lipinski definition) is 1. The van der Waals surface area contributed by atoms with Crippen molar-refractivity contribution in [2.45, 2.75) is 0 Å². The Kier molecular flexibility index (Phi) is 4.14. The molecule has 1 aliphatic rings. The molecule has 0 spiro atoms. The van der Waals surface area contributed by atoms with Crippen molar-refractivity contribution in [3.8, 4) is 22.6 Å². The number of rotatable bonds is 3.